The Morgan fingerprint density at radius 2 is 1.35 bits per heavy atom. The Kier molecular flexibility index (Phi) is 7.15. The minimum atomic E-state index is -1.86. The van der Waals surface area contributed by atoms with Crippen molar-refractivity contribution in [3.63, 3.8) is 0 Å². The fraction of sp³-hybridized carbons (Fsp3) is 0.350. The van der Waals surface area contributed by atoms with E-state index in [9.17, 15) is 4.79 Å². The fourth-order valence-electron chi connectivity index (χ4n) is 2.58. The Bertz CT molecular complexity index is 572. The maximum atomic E-state index is 10.8. The topological polar surface area (TPSA) is 26.3 Å². The van der Waals surface area contributed by atoms with Crippen molar-refractivity contribution in [3.8, 4) is 0 Å². The van der Waals surface area contributed by atoms with Crippen molar-refractivity contribution < 1.29 is 9.53 Å². The number of rotatable bonds is 7. The average Bonchev–Trinajstić information content (AvgIpc) is 2.53. The molecule has 0 atom stereocenters. The van der Waals surface area contributed by atoms with E-state index in [1.54, 1.807) is 7.16 Å². The van der Waals surface area contributed by atoms with E-state index in [1.807, 2.05) is 0 Å². The third-order valence-electron chi connectivity index (χ3n) is 3.93. The van der Waals surface area contributed by atoms with Crippen molar-refractivity contribution in [1.82, 2.24) is 0 Å². The van der Waals surface area contributed by atoms with Gasteiger partial charge in [-0.1, -0.05) is 0 Å². The molecule has 23 heavy (non-hydrogen) atoms. The molecule has 2 nitrogen and oxygen atoms in total. The predicted octanol–water partition coefficient (Wildman–Crippen LogP) is 3.26. The molecule has 3 heteroatoms. The van der Waals surface area contributed by atoms with E-state index < -0.39 is 19.8 Å². The molecule has 0 aliphatic rings. The number of benzene rings is 2. The van der Waals surface area contributed by atoms with Crippen molar-refractivity contribution in [2.24, 2.45) is 0 Å². The molecule has 0 spiro atoms. The van der Waals surface area contributed by atoms with Crippen molar-refractivity contribution >= 4 is 32.9 Å². The van der Waals surface area contributed by atoms with Crippen molar-refractivity contribution in [3.05, 3.63) is 59.7 Å². The van der Waals surface area contributed by atoms with Gasteiger partial charge in [0.15, 0.2) is 0 Å². The zero-order valence-corrected chi connectivity index (χ0v) is 17.1. The van der Waals surface area contributed by atoms with Crippen LogP contribution in [-0.2, 0) is 9.53 Å². The van der Waals surface area contributed by atoms with Crippen LogP contribution in [0.1, 0.15) is 30.9 Å². The molecule has 0 amide bonds. The first-order valence-corrected chi connectivity index (χ1v) is 13.1. The molecule has 2 aromatic rings. The van der Waals surface area contributed by atoms with E-state index in [1.165, 1.54) is 22.5 Å². The summed E-state index contributed by atoms with van der Waals surface area (Å²) in [5.41, 5.74) is 2.63. The van der Waals surface area contributed by atoms with Crippen LogP contribution in [0.25, 0.3) is 0 Å². The molecule has 0 bridgehead atoms. The Hall–Kier alpha value is -1.29. The van der Waals surface area contributed by atoms with E-state index in [2.05, 4.69) is 62.4 Å². The summed E-state index contributed by atoms with van der Waals surface area (Å²) >= 11 is -1.86. The number of hydrogen-bond acceptors (Lipinski definition) is 2. The molecule has 0 aromatic heterocycles. The van der Waals surface area contributed by atoms with E-state index >= 15 is 0 Å². The predicted molar refractivity (Wildman–Crippen MR) is 98.1 cm³/mol. The Labute approximate surface area is 146 Å². The summed E-state index contributed by atoms with van der Waals surface area (Å²) in [6.45, 7) is 6.29. The first-order valence-electron chi connectivity index (χ1n) is 8.19. The van der Waals surface area contributed by atoms with Gasteiger partial charge in [-0.25, -0.2) is 0 Å². The second-order valence-electron chi connectivity index (χ2n) is 6.01. The van der Waals surface area contributed by atoms with Gasteiger partial charge in [0.25, 0.3) is 0 Å². The molecule has 2 aromatic carbocycles. The fourth-order valence-corrected chi connectivity index (χ4v) is 10.2. The summed E-state index contributed by atoms with van der Waals surface area (Å²) < 4.78 is 9.41. The molecular weight excluding hydrogens is 391 g/mol. The van der Waals surface area contributed by atoms with E-state index in [0.717, 1.165) is 12.8 Å². The summed E-state index contributed by atoms with van der Waals surface area (Å²) in [4.78, 5) is 10.8. The monoisotopic (exact) mass is 417 g/mol. The van der Waals surface area contributed by atoms with Gasteiger partial charge in [-0.2, -0.15) is 0 Å². The first-order chi connectivity index (χ1) is 11.1. The summed E-state index contributed by atoms with van der Waals surface area (Å²) in [5.74, 6) is -0.180. The summed E-state index contributed by atoms with van der Waals surface area (Å²) in [7, 11) is 0. The quantitative estimate of drug-likeness (QED) is 0.394. The molecule has 0 unspecified atom stereocenters. The molecule has 0 N–H and O–H groups in total. The van der Waals surface area contributed by atoms with Gasteiger partial charge < -0.3 is 0 Å². The molecule has 121 valence electrons. The summed E-state index contributed by atoms with van der Waals surface area (Å²) in [5, 5.41) is 0. The number of aryl methyl sites for hydroxylation is 2. The Morgan fingerprint density at radius 3 is 1.78 bits per heavy atom. The van der Waals surface area contributed by atoms with Crippen LogP contribution >= 0.6 is 0 Å². The van der Waals surface area contributed by atoms with Crippen molar-refractivity contribution in [2.75, 3.05) is 6.61 Å². The number of esters is 1. The van der Waals surface area contributed by atoms with E-state index in [4.69, 9.17) is 4.74 Å². The maximum absolute atomic E-state index is 10.8. The van der Waals surface area contributed by atoms with E-state index in [0.29, 0.717) is 6.61 Å². The van der Waals surface area contributed by atoms with Gasteiger partial charge in [-0.15, -0.1) is 0 Å². The second-order valence-corrected chi connectivity index (χ2v) is 13.5. The SMILES string of the molecule is CC(=O)OCCC[CH2][Sn]([c]1ccc(C)cc1)[c]1ccc(C)cc1. The molecule has 1 radical (unpaired) electrons. The van der Waals surface area contributed by atoms with Crippen molar-refractivity contribution in [1.29, 1.82) is 0 Å². The van der Waals surface area contributed by atoms with Gasteiger partial charge in [0, 0.05) is 0 Å². The number of carbonyl (C=O) groups is 1. The normalized spacial score (nSPS) is 10.8. The number of unbranched alkanes of at least 4 members (excludes halogenated alkanes) is 1. The van der Waals surface area contributed by atoms with Gasteiger partial charge in [0.2, 0.25) is 0 Å². The molecule has 0 fully saturated rings. The molecule has 0 saturated heterocycles. The van der Waals surface area contributed by atoms with Crippen LogP contribution in [0.2, 0.25) is 4.44 Å². The van der Waals surface area contributed by atoms with Gasteiger partial charge in [-0.05, 0) is 0 Å². The van der Waals surface area contributed by atoms with Crippen LogP contribution in [0, 0.1) is 13.8 Å². The van der Waals surface area contributed by atoms with Crippen LogP contribution in [0.4, 0.5) is 0 Å². The second kappa shape index (κ2) is 9.11. The standard InChI is InChI=1S/2C7H7.C6H11O2.Sn/c2*1-7-5-3-2-4-6-7;1-3-4-5-8-6(2)7;/h2*3-6H,1H3;1,3-5H2,2H3;. The van der Waals surface area contributed by atoms with Gasteiger partial charge in [-0.3, -0.25) is 0 Å². The molecular formula is C20H25O2Sn. The minimum absolute atomic E-state index is 0.180. The number of hydrogen-bond donors (Lipinski definition) is 0. The molecule has 0 aliphatic carbocycles. The van der Waals surface area contributed by atoms with Crippen LogP contribution in [0.3, 0.4) is 0 Å². The van der Waals surface area contributed by atoms with Gasteiger partial charge in [0.05, 0.1) is 0 Å². The van der Waals surface area contributed by atoms with E-state index in [-0.39, 0.29) is 5.97 Å². The summed E-state index contributed by atoms with van der Waals surface area (Å²) in [6, 6.07) is 18.2. The third-order valence-corrected chi connectivity index (χ3v) is 12.2. The first kappa shape index (κ1) is 18.1. The van der Waals surface area contributed by atoms with Crippen molar-refractivity contribution in [2.45, 2.75) is 38.0 Å². The molecule has 0 aliphatic heterocycles. The Balaban J connectivity index is 2.07. The number of carbonyl (C=O) groups excluding carboxylic acids is 1. The number of ether oxygens (including phenoxy) is 1. The molecule has 0 heterocycles. The average molecular weight is 416 g/mol. The third kappa shape index (κ3) is 6.02. The molecule has 0 saturated carbocycles. The van der Waals surface area contributed by atoms with Crippen LogP contribution in [0.5, 0.6) is 0 Å². The van der Waals surface area contributed by atoms with Gasteiger partial charge in [0.1, 0.15) is 0 Å². The zero-order valence-electron chi connectivity index (χ0n) is 14.3. The van der Waals surface area contributed by atoms with Crippen LogP contribution in [-0.4, -0.2) is 32.3 Å². The van der Waals surface area contributed by atoms with Crippen LogP contribution in [0.15, 0.2) is 48.5 Å². The van der Waals surface area contributed by atoms with Gasteiger partial charge >= 0.3 is 147 Å². The summed E-state index contributed by atoms with van der Waals surface area (Å²) in [6.07, 6.45) is 2.09. The zero-order chi connectivity index (χ0) is 16.7. The molecule has 2 rings (SSSR count). The van der Waals surface area contributed by atoms with Crippen LogP contribution < -0.4 is 7.16 Å². The Morgan fingerprint density at radius 1 is 0.870 bits per heavy atom.